The number of fused-ring (bicyclic) bond motifs is 1. The third-order valence-corrected chi connectivity index (χ3v) is 7.44. The molecule has 0 amide bonds. The van der Waals surface area contributed by atoms with Crippen molar-refractivity contribution in [1.29, 1.82) is 0 Å². The number of nitrogens with one attached hydrogen (secondary N) is 1. The molecule has 1 N–H and O–H groups in total. The van der Waals surface area contributed by atoms with Gasteiger partial charge < -0.3 is 4.98 Å². The molecule has 1 atom stereocenters. The second-order valence-electron chi connectivity index (χ2n) is 7.24. The molecule has 0 saturated carbocycles. The lowest BCUT2D eigenvalue weighted by atomic mass is 9.98. The number of aromatic nitrogens is 2. The summed E-state index contributed by atoms with van der Waals surface area (Å²) in [5.41, 5.74) is 3.00. The topological polar surface area (TPSA) is 66.1 Å². The van der Waals surface area contributed by atoms with Gasteiger partial charge in [-0.2, -0.15) is 4.31 Å². The quantitative estimate of drug-likeness (QED) is 0.725. The SMILES string of the molecule is CCC1CCCN(S(=O)(=O)c2ccc(-c3c[nH]c4ccccc34)cn2)CC1. The van der Waals surface area contributed by atoms with Crippen LogP contribution in [-0.4, -0.2) is 35.8 Å². The highest BCUT2D eigenvalue weighted by atomic mass is 32.2. The van der Waals surface area contributed by atoms with Gasteiger partial charge in [0.05, 0.1) is 0 Å². The predicted molar refractivity (Wildman–Crippen MR) is 108 cm³/mol. The summed E-state index contributed by atoms with van der Waals surface area (Å²) < 4.78 is 27.6. The molecule has 1 fully saturated rings. The predicted octanol–water partition coefficient (Wildman–Crippen LogP) is 4.43. The third kappa shape index (κ3) is 3.51. The molecule has 5 nitrogen and oxygen atoms in total. The summed E-state index contributed by atoms with van der Waals surface area (Å²) in [6.07, 6.45) is 7.68. The lowest BCUT2D eigenvalue weighted by molar-refractivity contribution is 0.406. The number of aromatic amines is 1. The number of pyridine rings is 1. The molecule has 1 aliphatic rings. The van der Waals surface area contributed by atoms with Crippen LogP contribution >= 0.6 is 0 Å². The second kappa shape index (κ2) is 7.44. The van der Waals surface area contributed by atoms with Gasteiger partial charge in [-0.3, -0.25) is 0 Å². The maximum atomic E-state index is 13.0. The smallest absolute Gasteiger partial charge is 0.260 e. The van der Waals surface area contributed by atoms with Crippen LogP contribution < -0.4 is 0 Å². The fraction of sp³-hybridized carbons (Fsp3) is 0.381. The number of benzene rings is 1. The van der Waals surface area contributed by atoms with E-state index in [0.717, 1.165) is 47.7 Å². The average molecular weight is 384 g/mol. The lowest BCUT2D eigenvalue weighted by Crippen LogP contribution is -2.32. The van der Waals surface area contributed by atoms with Crippen molar-refractivity contribution in [3.05, 3.63) is 48.8 Å². The van der Waals surface area contributed by atoms with Crippen molar-refractivity contribution in [3.63, 3.8) is 0 Å². The van der Waals surface area contributed by atoms with Crippen molar-refractivity contribution in [2.45, 2.75) is 37.6 Å². The van der Waals surface area contributed by atoms with E-state index in [1.165, 1.54) is 0 Å². The van der Waals surface area contributed by atoms with E-state index in [0.29, 0.717) is 19.0 Å². The molecule has 0 spiro atoms. The first-order chi connectivity index (χ1) is 13.1. The van der Waals surface area contributed by atoms with Gasteiger partial charge in [-0.1, -0.05) is 31.5 Å². The van der Waals surface area contributed by atoms with Crippen molar-refractivity contribution in [2.24, 2.45) is 5.92 Å². The number of para-hydroxylation sites is 1. The molecule has 1 saturated heterocycles. The highest BCUT2D eigenvalue weighted by Crippen LogP contribution is 2.29. The lowest BCUT2D eigenvalue weighted by Gasteiger charge is -2.19. The van der Waals surface area contributed by atoms with Gasteiger partial charge >= 0.3 is 0 Å². The van der Waals surface area contributed by atoms with E-state index >= 15 is 0 Å². The van der Waals surface area contributed by atoms with Crippen LogP contribution in [0.4, 0.5) is 0 Å². The van der Waals surface area contributed by atoms with E-state index in [2.05, 4.69) is 16.9 Å². The Hall–Kier alpha value is -2.18. The fourth-order valence-corrected chi connectivity index (χ4v) is 5.33. The molecule has 0 bridgehead atoms. The molecule has 1 aromatic carbocycles. The van der Waals surface area contributed by atoms with Gasteiger partial charge in [0.25, 0.3) is 10.0 Å². The summed E-state index contributed by atoms with van der Waals surface area (Å²) in [4.78, 5) is 7.56. The van der Waals surface area contributed by atoms with Gasteiger partial charge in [0.2, 0.25) is 0 Å². The highest BCUT2D eigenvalue weighted by molar-refractivity contribution is 7.89. The minimum Gasteiger partial charge on any atom is -0.361 e. The van der Waals surface area contributed by atoms with Crippen molar-refractivity contribution < 1.29 is 8.42 Å². The molecule has 1 unspecified atom stereocenters. The molecule has 0 radical (unpaired) electrons. The maximum Gasteiger partial charge on any atom is 0.260 e. The fourth-order valence-electron chi connectivity index (χ4n) is 3.92. The Morgan fingerprint density at radius 2 is 2.00 bits per heavy atom. The Bertz CT molecular complexity index is 1030. The van der Waals surface area contributed by atoms with E-state index in [4.69, 9.17) is 0 Å². The molecule has 4 rings (SSSR count). The number of nitrogens with zero attached hydrogens (tertiary/aromatic N) is 2. The van der Waals surface area contributed by atoms with Crippen LogP contribution in [0, 0.1) is 5.92 Å². The van der Waals surface area contributed by atoms with Gasteiger partial charge in [0.15, 0.2) is 5.03 Å². The van der Waals surface area contributed by atoms with Gasteiger partial charge in [-0.05, 0) is 43.4 Å². The van der Waals surface area contributed by atoms with E-state index in [1.54, 1.807) is 16.6 Å². The summed E-state index contributed by atoms with van der Waals surface area (Å²) in [5.74, 6) is 0.627. The van der Waals surface area contributed by atoms with E-state index in [9.17, 15) is 8.42 Å². The van der Waals surface area contributed by atoms with Gasteiger partial charge in [-0.15, -0.1) is 0 Å². The molecule has 1 aliphatic heterocycles. The van der Waals surface area contributed by atoms with Crippen molar-refractivity contribution in [1.82, 2.24) is 14.3 Å². The summed E-state index contributed by atoms with van der Waals surface area (Å²) in [6, 6.07) is 11.5. The maximum absolute atomic E-state index is 13.0. The van der Waals surface area contributed by atoms with Crippen LogP contribution in [-0.2, 0) is 10.0 Å². The van der Waals surface area contributed by atoms with Crippen molar-refractivity contribution in [2.75, 3.05) is 13.1 Å². The second-order valence-corrected chi connectivity index (χ2v) is 9.13. The van der Waals surface area contributed by atoms with Crippen LogP contribution in [0.2, 0.25) is 0 Å². The minimum absolute atomic E-state index is 0.140. The Balaban J connectivity index is 1.60. The minimum atomic E-state index is -3.53. The summed E-state index contributed by atoms with van der Waals surface area (Å²) >= 11 is 0. The first-order valence-electron chi connectivity index (χ1n) is 9.62. The zero-order chi connectivity index (χ0) is 18.9. The summed E-state index contributed by atoms with van der Waals surface area (Å²) in [7, 11) is -3.53. The first kappa shape index (κ1) is 18.2. The molecule has 2 aromatic heterocycles. The first-order valence-corrected chi connectivity index (χ1v) is 11.1. The number of rotatable bonds is 4. The van der Waals surface area contributed by atoms with Crippen LogP contribution in [0.3, 0.4) is 0 Å². The zero-order valence-electron chi connectivity index (χ0n) is 15.6. The Morgan fingerprint density at radius 1 is 1.15 bits per heavy atom. The van der Waals surface area contributed by atoms with Crippen LogP contribution in [0.5, 0.6) is 0 Å². The molecule has 142 valence electrons. The van der Waals surface area contributed by atoms with Crippen LogP contribution in [0.25, 0.3) is 22.0 Å². The molecule has 27 heavy (non-hydrogen) atoms. The normalized spacial score (nSPS) is 19.2. The standard InChI is InChI=1S/C21H25N3O2S/c1-2-16-6-5-12-24(13-11-16)27(25,26)21-10-9-17(14-23-21)19-15-22-20-8-4-3-7-18(19)20/h3-4,7-10,14-16,22H,2,5-6,11-13H2,1H3. The zero-order valence-corrected chi connectivity index (χ0v) is 16.4. The Morgan fingerprint density at radius 3 is 2.78 bits per heavy atom. The van der Waals surface area contributed by atoms with Crippen LogP contribution in [0.15, 0.2) is 53.8 Å². The number of hydrogen-bond donors (Lipinski definition) is 1. The Kier molecular flexibility index (Phi) is 5.02. The largest absolute Gasteiger partial charge is 0.361 e. The molecular weight excluding hydrogens is 358 g/mol. The number of sulfonamides is 1. The van der Waals surface area contributed by atoms with Crippen molar-refractivity contribution >= 4 is 20.9 Å². The van der Waals surface area contributed by atoms with Gasteiger partial charge in [0.1, 0.15) is 0 Å². The molecule has 3 aromatic rings. The van der Waals surface area contributed by atoms with E-state index in [1.807, 2.05) is 36.5 Å². The summed E-state index contributed by atoms with van der Waals surface area (Å²) in [5, 5.41) is 1.24. The number of H-pyrrole nitrogens is 1. The van der Waals surface area contributed by atoms with Gasteiger partial charge in [-0.25, -0.2) is 13.4 Å². The third-order valence-electron chi connectivity index (χ3n) is 5.62. The van der Waals surface area contributed by atoms with E-state index in [-0.39, 0.29) is 5.03 Å². The average Bonchev–Trinajstić information content (AvgIpc) is 2.97. The molecule has 6 heteroatoms. The number of hydrogen-bond acceptors (Lipinski definition) is 3. The van der Waals surface area contributed by atoms with E-state index < -0.39 is 10.0 Å². The van der Waals surface area contributed by atoms with Crippen molar-refractivity contribution in [3.8, 4) is 11.1 Å². The Labute approximate surface area is 160 Å². The molecule has 0 aliphatic carbocycles. The highest BCUT2D eigenvalue weighted by Gasteiger charge is 2.28. The van der Waals surface area contributed by atoms with Gasteiger partial charge in [0, 0.05) is 47.5 Å². The monoisotopic (exact) mass is 383 g/mol. The summed E-state index contributed by atoms with van der Waals surface area (Å²) in [6.45, 7) is 3.36. The molecular formula is C21H25N3O2S. The van der Waals surface area contributed by atoms with Crippen LogP contribution in [0.1, 0.15) is 32.6 Å². The molecule has 3 heterocycles.